The first kappa shape index (κ1) is 16.2. The molecular weight excluding hydrogens is 319 g/mol. The van der Waals surface area contributed by atoms with Gasteiger partial charge < -0.3 is 10.8 Å². The molecule has 21 heavy (non-hydrogen) atoms. The zero-order valence-electron chi connectivity index (χ0n) is 10.9. The molecule has 2 nitrogen and oxygen atoms in total. The predicted molar refractivity (Wildman–Crippen MR) is 79.6 cm³/mol. The summed E-state index contributed by atoms with van der Waals surface area (Å²) in [5, 5.41) is 11.2. The molecular formula is C15H13Cl2F2NO. The fraction of sp³-hybridized carbons (Fsp3) is 0.200. The first-order valence-corrected chi connectivity index (χ1v) is 6.97. The Morgan fingerprint density at radius 2 is 1.76 bits per heavy atom. The summed E-state index contributed by atoms with van der Waals surface area (Å²) in [6.07, 6.45) is -1.11. The van der Waals surface area contributed by atoms with Gasteiger partial charge in [-0.2, -0.15) is 0 Å². The van der Waals surface area contributed by atoms with Crippen LogP contribution in [0.4, 0.5) is 8.78 Å². The maximum atomic E-state index is 13.3. The van der Waals surface area contributed by atoms with Crippen molar-refractivity contribution in [1.82, 2.24) is 0 Å². The number of hydrogen-bond acceptors (Lipinski definition) is 2. The van der Waals surface area contributed by atoms with E-state index in [9.17, 15) is 13.9 Å². The van der Waals surface area contributed by atoms with Gasteiger partial charge in [0, 0.05) is 22.5 Å². The second-order valence-corrected chi connectivity index (χ2v) is 5.47. The summed E-state index contributed by atoms with van der Waals surface area (Å²) < 4.78 is 26.2. The van der Waals surface area contributed by atoms with Gasteiger partial charge in [-0.15, -0.1) is 0 Å². The van der Waals surface area contributed by atoms with Crippen LogP contribution in [-0.2, 0) is 0 Å². The molecule has 0 aromatic heterocycles. The second kappa shape index (κ2) is 6.71. The van der Waals surface area contributed by atoms with Gasteiger partial charge >= 0.3 is 0 Å². The smallest absolute Gasteiger partial charge is 0.159 e. The lowest BCUT2D eigenvalue weighted by Crippen LogP contribution is -2.20. The van der Waals surface area contributed by atoms with Gasteiger partial charge in [-0.25, -0.2) is 8.78 Å². The first-order valence-electron chi connectivity index (χ1n) is 6.22. The van der Waals surface area contributed by atoms with Gasteiger partial charge in [-0.1, -0.05) is 35.3 Å². The Morgan fingerprint density at radius 1 is 1.05 bits per heavy atom. The Bertz CT molecular complexity index is 652. The average Bonchev–Trinajstić information content (AvgIpc) is 2.44. The molecule has 0 amide bonds. The van der Waals surface area contributed by atoms with Crippen molar-refractivity contribution in [3.63, 3.8) is 0 Å². The third-order valence-corrected chi connectivity index (χ3v) is 3.84. The molecule has 0 aliphatic heterocycles. The lowest BCUT2D eigenvalue weighted by molar-refractivity contribution is 0.147. The minimum absolute atomic E-state index is 0.0848. The summed E-state index contributed by atoms with van der Waals surface area (Å²) >= 11 is 11.9. The van der Waals surface area contributed by atoms with E-state index in [-0.39, 0.29) is 12.1 Å². The highest BCUT2D eigenvalue weighted by molar-refractivity contribution is 6.35. The summed E-state index contributed by atoms with van der Waals surface area (Å²) in [4.78, 5) is 0. The van der Waals surface area contributed by atoms with E-state index in [1.165, 1.54) is 6.07 Å². The monoisotopic (exact) mass is 331 g/mol. The second-order valence-electron chi connectivity index (χ2n) is 4.63. The van der Waals surface area contributed by atoms with E-state index in [1.807, 2.05) is 0 Å². The molecule has 3 N–H and O–H groups in total. The largest absolute Gasteiger partial charge is 0.388 e. The van der Waals surface area contributed by atoms with Crippen molar-refractivity contribution in [2.75, 3.05) is 6.54 Å². The fourth-order valence-corrected chi connectivity index (χ4v) is 2.71. The summed E-state index contributed by atoms with van der Waals surface area (Å²) in [6, 6.07) is 8.06. The average molecular weight is 332 g/mol. The molecule has 2 rings (SSSR count). The van der Waals surface area contributed by atoms with Crippen LogP contribution in [0, 0.1) is 11.6 Å². The molecule has 2 unspecified atom stereocenters. The highest BCUT2D eigenvalue weighted by atomic mass is 35.5. The molecule has 0 aliphatic rings. The summed E-state index contributed by atoms with van der Waals surface area (Å²) in [7, 11) is 0. The molecule has 0 heterocycles. The van der Waals surface area contributed by atoms with Gasteiger partial charge in [0.25, 0.3) is 0 Å². The Hall–Kier alpha value is -1.20. The van der Waals surface area contributed by atoms with E-state index < -0.39 is 23.7 Å². The maximum absolute atomic E-state index is 13.3. The summed E-state index contributed by atoms with van der Waals surface area (Å²) in [5.74, 6) is -2.55. The van der Waals surface area contributed by atoms with Gasteiger partial charge in [0.05, 0.1) is 6.10 Å². The fourth-order valence-electron chi connectivity index (χ4n) is 2.16. The van der Waals surface area contributed by atoms with E-state index in [1.54, 1.807) is 18.2 Å². The van der Waals surface area contributed by atoms with Gasteiger partial charge in [-0.3, -0.25) is 0 Å². The van der Waals surface area contributed by atoms with Crippen molar-refractivity contribution in [3.05, 3.63) is 69.2 Å². The molecule has 0 saturated heterocycles. The Labute approximate surface area is 131 Å². The Kier molecular flexibility index (Phi) is 5.17. The molecule has 0 spiro atoms. The van der Waals surface area contributed by atoms with E-state index in [4.69, 9.17) is 28.9 Å². The molecule has 0 bridgehead atoms. The number of halogens is 4. The predicted octanol–water partition coefficient (Wildman–Crippen LogP) is 4.05. The van der Waals surface area contributed by atoms with Gasteiger partial charge in [0.1, 0.15) is 0 Å². The normalized spacial score (nSPS) is 14.0. The molecule has 2 aromatic carbocycles. The molecule has 6 heteroatoms. The van der Waals surface area contributed by atoms with Crippen LogP contribution in [0.5, 0.6) is 0 Å². The highest BCUT2D eigenvalue weighted by Gasteiger charge is 2.24. The molecule has 0 aliphatic carbocycles. The number of benzene rings is 2. The zero-order chi connectivity index (χ0) is 15.6. The van der Waals surface area contributed by atoms with Crippen LogP contribution in [0.1, 0.15) is 23.1 Å². The molecule has 0 radical (unpaired) electrons. The number of nitrogens with two attached hydrogens (primary N) is 1. The molecule has 2 atom stereocenters. The first-order chi connectivity index (χ1) is 9.93. The topological polar surface area (TPSA) is 46.2 Å². The minimum Gasteiger partial charge on any atom is -0.388 e. The van der Waals surface area contributed by atoms with Crippen molar-refractivity contribution in [2.45, 2.75) is 12.0 Å². The molecule has 112 valence electrons. The van der Waals surface area contributed by atoms with E-state index in [0.29, 0.717) is 15.6 Å². The standard InChI is InChI=1S/C15H13Cl2F2NO/c16-9-2-3-10(12(17)6-9)11(7-20)15(21)8-1-4-13(18)14(19)5-8/h1-6,11,15,21H,7,20H2. The quantitative estimate of drug-likeness (QED) is 0.887. The van der Waals surface area contributed by atoms with Crippen molar-refractivity contribution in [3.8, 4) is 0 Å². The lowest BCUT2D eigenvalue weighted by Gasteiger charge is -2.23. The minimum atomic E-state index is -1.11. The number of hydrogen-bond donors (Lipinski definition) is 2. The van der Waals surface area contributed by atoms with Crippen LogP contribution in [0.15, 0.2) is 36.4 Å². The van der Waals surface area contributed by atoms with Gasteiger partial charge in [0.2, 0.25) is 0 Å². The van der Waals surface area contributed by atoms with Gasteiger partial charge in [0.15, 0.2) is 11.6 Å². The van der Waals surface area contributed by atoms with Crippen LogP contribution in [0.25, 0.3) is 0 Å². The van der Waals surface area contributed by atoms with Crippen molar-refractivity contribution in [2.24, 2.45) is 5.73 Å². The highest BCUT2D eigenvalue weighted by Crippen LogP contribution is 2.35. The third kappa shape index (κ3) is 3.52. The molecule has 0 saturated carbocycles. The third-order valence-electron chi connectivity index (χ3n) is 3.28. The Morgan fingerprint density at radius 3 is 2.33 bits per heavy atom. The molecule has 0 fully saturated rings. The number of rotatable bonds is 4. The van der Waals surface area contributed by atoms with Crippen LogP contribution in [0.2, 0.25) is 10.0 Å². The van der Waals surface area contributed by atoms with E-state index in [2.05, 4.69) is 0 Å². The SMILES string of the molecule is NCC(c1ccc(Cl)cc1Cl)C(O)c1ccc(F)c(F)c1. The van der Waals surface area contributed by atoms with E-state index in [0.717, 1.165) is 12.1 Å². The van der Waals surface area contributed by atoms with Crippen LogP contribution >= 0.6 is 23.2 Å². The van der Waals surface area contributed by atoms with Crippen LogP contribution in [0.3, 0.4) is 0 Å². The number of aliphatic hydroxyl groups is 1. The van der Waals surface area contributed by atoms with Crippen molar-refractivity contribution in [1.29, 1.82) is 0 Å². The van der Waals surface area contributed by atoms with Crippen molar-refractivity contribution >= 4 is 23.2 Å². The summed E-state index contributed by atoms with van der Waals surface area (Å²) in [5.41, 5.74) is 6.53. The summed E-state index contributed by atoms with van der Waals surface area (Å²) in [6.45, 7) is 0.0848. The van der Waals surface area contributed by atoms with Gasteiger partial charge in [-0.05, 0) is 35.4 Å². The van der Waals surface area contributed by atoms with E-state index >= 15 is 0 Å². The number of aliphatic hydroxyl groups excluding tert-OH is 1. The lowest BCUT2D eigenvalue weighted by atomic mass is 9.89. The Balaban J connectivity index is 2.37. The van der Waals surface area contributed by atoms with Crippen LogP contribution in [-0.4, -0.2) is 11.7 Å². The van der Waals surface area contributed by atoms with Crippen LogP contribution < -0.4 is 5.73 Å². The molecule has 2 aromatic rings. The maximum Gasteiger partial charge on any atom is 0.159 e. The van der Waals surface area contributed by atoms with Crippen molar-refractivity contribution < 1.29 is 13.9 Å². The zero-order valence-corrected chi connectivity index (χ0v) is 12.4.